The van der Waals surface area contributed by atoms with E-state index in [0.29, 0.717) is 29.0 Å². The van der Waals surface area contributed by atoms with E-state index in [1.165, 1.54) is 11.3 Å². The molecule has 5 nitrogen and oxygen atoms in total. The third-order valence-corrected chi connectivity index (χ3v) is 4.90. The minimum Gasteiger partial charge on any atom is -0.388 e. The number of rotatable bonds is 5. The van der Waals surface area contributed by atoms with Crippen LogP contribution in [0.3, 0.4) is 0 Å². The van der Waals surface area contributed by atoms with E-state index in [2.05, 4.69) is 10.6 Å². The van der Waals surface area contributed by atoms with Crippen molar-refractivity contribution < 1.29 is 14.7 Å². The Morgan fingerprint density at radius 3 is 2.57 bits per heavy atom. The number of carbonyl (C=O) groups is 2. The first-order valence-electron chi connectivity index (χ1n) is 7.52. The minimum absolute atomic E-state index is 0.235. The number of carbonyl (C=O) groups excluding carboxylic acids is 2. The lowest BCUT2D eigenvalue weighted by Gasteiger charge is -2.36. The third kappa shape index (κ3) is 3.60. The van der Waals surface area contributed by atoms with Crippen LogP contribution in [0.1, 0.15) is 39.3 Å². The summed E-state index contributed by atoms with van der Waals surface area (Å²) in [7, 11) is 0. The maximum absolute atomic E-state index is 12.3. The summed E-state index contributed by atoms with van der Waals surface area (Å²) in [5.41, 5.74) is 0.0782. The second kappa shape index (κ2) is 6.52. The topological polar surface area (TPSA) is 78.4 Å². The lowest BCUT2D eigenvalue weighted by Crippen LogP contribution is -2.47. The zero-order valence-electron chi connectivity index (χ0n) is 12.5. The molecule has 0 radical (unpaired) electrons. The molecule has 0 spiro atoms. The van der Waals surface area contributed by atoms with Crippen molar-refractivity contribution in [2.45, 2.75) is 24.9 Å². The molecule has 1 fully saturated rings. The highest BCUT2D eigenvalue weighted by Gasteiger charge is 2.34. The van der Waals surface area contributed by atoms with E-state index in [0.717, 1.165) is 6.42 Å². The second-order valence-electron chi connectivity index (χ2n) is 5.74. The van der Waals surface area contributed by atoms with Crippen LogP contribution in [0.25, 0.3) is 0 Å². The lowest BCUT2D eigenvalue weighted by atomic mass is 9.80. The molecule has 0 bridgehead atoms. The van der Waals surface area contributed by atoms with Crippen LogP contribution in [0.15, 0.2) is 41.8 Å². The Hall–Kier alpha value is -2.18. The Morgan fingerprint density at radius 2 is 1.91 bits per heavy atom. The van der Waals surface area contributed by atoms with Crippen LogP contribution in [0.5, 0.6) is 0 Å². The van der Waals surface area contributed by atoms with Crippen LogP contribution in [0, 0.1) is 0 Å². The van der Waals surface area contributed by atoms with E-state index in [9.17, 15) is 14.7 Å². The first kappa shape index (κ1) is 15.7. The minimum atomic E-state index is -0.773. The average Bonchev–Trinajstić information content (AvgIpc) is 3.06. The number of aliphatic hydroxyl groups is 1. The number of para-hydroxylation sites is 1. The lowest BCUT2D eigenvalue weighted by molar-refractivity contribution is -0.0300. The molecule has 2 amide bonds. The molecule has 3 N–H and O–H groups in total. The zero-order chi connectivity index (χ0) is 16.3. The van der Waals surface area contributed by atoms with Crippen molar-refractivity contribution in [3.63, 3.8) is 0 Å². The van der Waals surface area contributed by atoms with Crippen molar-refractivity contribution in [2.75, 3.05) is 11.9 Å². The van der Waals surface area contributed by atoms with E-state index >= 15 is 0 Å². The van der Waals surface area contributed by atoms with Crippen LogP contribution < -0.4 is 10.6 Å². The average molecular weight is 330 g/mol. The highest BCUT2D eigenvalue weighted by atomic mass is 32.1. The molecular formula is C17H18N2O3S. The summed E-state index contributed by atoms with van der Waals surface area (Å²) in [6, 6.07) is 10.4. The standard InChI is InChI=1S/C17H18N2O3S/c20-15(18-11-17(22)8-4-9-17)12-5-1-2-6-13(12)19-16(21)14-7-3-10-23-14/h1-3,5-7,10,22H,4,8-9,11H2,(H,18,20)(H,19,21). The van der Waals surface area contributed by atoms with Gasteiger partial charge >= 0.3 is 0 Å². The van der Waals surface area contributed by atoms with Gasteiger partial charge in [-0.3, -0.25) is 9.59 Å². The number of nitrogens with one attached hydrogen (secondary N) is 2. The molecule has 0 atom stereocenters. The predicted octanol–water partition coefficient (Wildman–Crippen LogP) is 2.65. The molecule has 1 saturated carbocycles. The Labute approximate surface area is 138 Å². The summed E-state index contributed by atoms with van der Waals surface area (Å²) in [5, 5.41) is 17.4. The molecule has 0 saturated heterocycles. The second-order valence-corrected chi connectivity index (χ2v) is 6.69. The van der Waals surface area contributed by atoms with Gasteiger partial charge in [-0.25, -0.2) is 0 Å². The quantitative estimate of drug-likeness (QED) is 0.788. The Bertz CT molecular complexity index is 708. The number of anilines is 1. The predicted molar refractivity (Wildman–Crippen MR) is 89.8 cm³/mol. The van der Waals surface area contributed by atoms with Crippen LogP contribution >= 0.6 is 11.3 Å². The first-order chi connectivity index (χ1) is 11.1. The van der Waals surface area contributed by atoms with Gasteiger partial charge in [0.05, 0.1) is 21.7 Å². The van der Waals surface area contributed by atoms with E-state index in [1.54, 1.807) is 36.4 Å². The Kier molecular flexibility index (Phi) is 4.45. The van der Waals surface area contributed by atoms with E-state index < -0.39 is 5.60 Å². The van der Waals surface area contributed by atoms with Gasteiger partial charge in [0, 0.05) is 6.54 Å². The molecule has 1 aromatic carbocycles. The molecule has 0 unspecified atom stereocenters. The number of thiophene rings is 1. The van der Waals surface area contributed by atoms with Crippen LogP contribution in [-0.2, 0) is 0 Å². The smallest absolute Gasteiger partial charge is 0.265 e. The summed E-state index contributed by atoms with van der Waals surface area (Å²) in [5.74, 6) is -0.537. The van der Waals surface area contributed by atoms with E-state index in [4.69, 9.17) is 0 Å². The Morgan fingerprint density at radius 1 is 1.13 bits per heavy atom. The normalized spacial score (nSPS) is 15.5. The van der Waals surface area contributed by atoms with Gasteiger partial charge in [-0.05, 0) is 42.8 Å². The van der Waals surface area contributed by atoms with Crippen LogP contribution in [-0.4, -0.2) is 29.1 Å². The summed E-state index contributed by atoms with van der Waals surface area (Å²) < 4.78 is 0. The monoisotopic (exact) mass is 330 g/mol. The Balaban J connectivity index is 1.69. The van der Waals surface area contributed by atoms with Gasteiger partial charge in [0.1, 0.15) is 0 Å². The maximum Gasteiger partial charge on any atom is 0.265 e. The van der Waals surface area contributed by atoms with Crippen molar-refractivity contribution in [1.82, 2.24) is 5.32 Å². The zero-order valence-corrected chi connectivity index (χ0v) is 13.4. The fourth-order valence-electron chi connectivity index (χ4n) is 2.48. The number of benzene rings is 1. The van der Waals surface area contributed by atoms with Crippen LogP contribution in [0.2, 0.25) is 0 Å². The summed E-state index contributed by atoms with van der Waals surface area (Å²) in [6.07, 6.45) is 2.41. The molecule has 23 heavy (non-hydrogen) atoms. The molecule has 120 valence electrons. The SMILES string of the molecule is O=C(Nc1ccccc1C(=O)NCC1(O)CCC1)c1cccs1. The highest BCUT2D eigenvalue weighted by molar-refractivity contribution is 7.12. The van der Waals surface area contributed by atoms with Gasteiger partial charge in [0.25, 0.3) is 11.8 Å². The molecule has 6 heteroatoms. The summed E-state index contributed by atoms with van der Waals surface area (Å²) in [6.45, 7) is 0.235. The number of hydrogen-bond acceptors (Lipinski definition) is 4. The highest BCUT2D eigenvalue weighted by Crippen LogP contribution is 2.30. The largest absolute Gasteiger partial charge is 0.388 e. The molecule has 1 aromatic heterocycles. The van der Waals surface area contributed by atoms with Gasteiger partial charge in [-0.1, -0.05) is 18.2 Å². The molecule has 3 rings (SSSR count). The summed E-state index contributed by atoms with van der Waals surface area (Å²) in [4.78, 5) is 25.1. The number of amides is 2. The molecular weight excluding hydrogens is 312 g/mol. The fourth-order valence-corrected chi connectivity index (χ4v) is 3.10. The molecule has 2 aromatic rings. The van der Waals surface area contributed by atoms with Crippen molar-refractivity contribution in [3.8, 4) is 0 Å². The van der Waals surface area contributed by atoms with Crippen LogP contribution in [0.4, 0.5) is 5.69 Å². The fraction of sp³-hybridized carbons (Fsp3) is 0.294. The maximum atomic E-state index is 12.3. The van der Waals surface area contributed by atoms with Crippen molar-refractivity contribution in [2.24, 2.45) is 0 Å². The molecule has 1 aliphatic rings. The van der Waals surface area contributed by atoms with Crippen molar-refractivity contribution >= 4 is 28.8 Å². The summed E-state index contributed by atoms with van der Waals surface area (Å²) >= 11 is 1.34. The van der Waals surface area contributed by atoms with E-state index in [-0.39, 0.29) is 18.4 Å². The van der Waals surface area contributed by atoms with Crippen molar-refractivity contribution in [1.29, 1.82) is 0 Å². The number of hydrogen-bond donors (Lipinski definition) is 3. The van der Waals surface area contributed by atoms with Gasteiger partial charge < -0.3 is 15.7 Å². The van der Waals surface area contributed by atoms with Gasteiger partial charge in [0.15, 0.2) is 0 Å². The van der Waals surface area contributed by atoms with E-state index in [1.807, 2.05) is 5.38 Å². The molecule has 1 aliphatic carbocycles. The van der Waals surface area contributed by atoms with Gasteiger partial charge in [-0.15, -0.1) is 11.3 Å². The van der Waals surface area contributed by atoms with Gasteiger partial charge in [0.2, 0.25) is 0 Å². The van der Waals surface area contributed by atoms with Crippen molar-refractivity contribution in [3.05, 3.63) is 52.2 Å². The van der Waals surface area contributed by atoms with Gasteiger partial charge in [-0.2, -0.15) is 0 Å². The molecule has 1 heterocycles. The first-order valence-corrected chi connectivity index (χ1v) is 8.40. The molecule has 0 aliphatic heterocycles. The third-order valence-electron chi connectivity index (χ3n) is 4.03.